The van der Waals surface area contributed by atoms with Crippen LogP contribution in [0.15, 0.2) is 58.5 Å². The van der Waals surface area contributed by atoms with Crippen molar-refractivity contribution in [3.8, 4) is 0 Å². The van der Waals surface area contributed by atoms with Crippen LogP contribution in [0.4, 0.5) is 11.5 Å². The van der Waals surface area contributed by atoms with Crippen molar-refractivity contribution >= 4 is 54.0 Å². The number of aromatic amines is 1. The van der Waals surface area contributed by atoms with Crippen molar-refractivity contribution in [2.45, 2.75) is 49.1 Å². The van der Waals surface area contributed by atoms with E-state index in [0.717, 1.165) is 23.3 Å². The van der Waals surface area contributed by atoms with Gasteiger partial charge in [0.05, 0.1) is 13.2 Å². The van der Waals surface area contributed by atoms with E-state index >= 15 is 0 Å². The lowest BCUT2D eigenvalue weighted by molar-refractivity contribution is -0.0566. The Kier molecular flexibility index (Phi) is 12.6. The van der Waals surface area contributed by atoms with Crippen molar-refractivity contribution in [1.82, 2.24) is 34.5 Å². The molecular weight excluding hydrogens is 860 g/mol. The number of H-pyrrole nitrogens is 1. The van der Waals surface area contributed by atoms with Crippen LogP contribution in [0.3, 0.4) is 0 Å². The Hall–Kier alpha value is -3.50. The highest BCUT2D eigenvalue weighted by Crippen LogP contribution is 2.71. The van der Waals surface area contributed by atoms with Crippen LogP contribution in [0, 0.1) is 0 Å². The molecule has 0 saturated carbocycles. The first-order valence-corrected chi connectivity index (χ1v) is 21.6. The number of ether oxygens (including phenoxy) is 2. The van der Waals surface area contributed by atoms with Crippen molar-refractivity contribution in [2.24, 2.45) is 0 Å². The van der Waals surface area contributed by atoms with Gasteiger partial charge in [0, 0.05) is 18.0 Å². The quantitative estimate of drug-likeness (QED) is 0.0557. The second-order valence-electron chi connectivity index (χ2n) is 11.7. The van der Waals surface area contributed by atoms with Gasteiger partial charge in [0.1, 0.15) is 43.0 Å². The van der Waals surface area contributed by atoms with Gasteiger partial charge in [-0.3, -0.25) is 23.4 Å². The number of hydrogen-bond acceptors (Lipinski definition) is 22. The predicted octanol–water partition coefficient (Wildman–Crippen LogP) is -1.76. The Morgan fingerprint density at radius 3 is 1.86 bits per heavy atom. The molecule has 0 amide bonds. The maximum absolute atomic E-state index is 12.5. The summed E-state index contributed by atoms with van der Waals surface area (Å²) in [6, 6.07) is 9.67. The van der Waals surface area contributed by atoms with Gasteiger partial charge in [-0.2, -0.15) is 17.6 Å². The van der Waals surface area contributed by atoms with E-state index in [1.165, 1.54) is 0 Å². The fourth-order valence-electron chi connectivity index (χ4n) is 5.28. The summed E-state index contributed by atoms with van der Waals surface area (Å²) in [7, 11) is -24.1. The van der Waals surface area contributed by atoms with E-state index in [1.54, 1.807) is 30.3 Å². The molecule has 33 heteroatoms. The van der Waals surface area contributed by atoms with Crippen LogP contribution >= 0.6 is 31.3 Å². The van der Waals surface area contributed by atoms with Crippen molar-refractivity contribution < 1.29 is 89.7 Å². The summed E-state index contributed by atoms with van der Waals surface area (Å²) in [5.74, 6) is 0.212. The molecular formula is C24H30N8O21P4. The number of phosphoric acid groups is 4. The van der Waals surface area contributed by atoms with Crippen LogP contribution in [0.1, 0.15) is 12.5 Å². The maximum atomic E-state index is 12.5. The maximum Gasteiger partial charge on any atom is 0.490 e. The largest absolute Gasteiger partial charge is 0.490 e. The van der Waals surface area contributed by atoms with Crippen molar-refractivity contribution in [1.29, 1.82) is 0 Å². The number of hydrogen-bond donors (Lipinski definition) is 10. The van der Waals surface area contributed by atoms with E-state index in [9.17, 15) is 67.8 Å². The lowest BCUT2D eigenvalue weighted by Crippen LogP contribution is -2.37. The summed E-state index contributed by atoms with van der Waals surface area (Å²) in [4.78, 5) is 73.0. The fourth-order valence-corrected chi connectivity index (χ4v) is 10.2. The highest BCUT2D eigenvalue weighted by Gasteiger charge is 2.50. The van der Waals surface area contributed by atoms with Gasteiger partial charge in [-0.05, 0) is 12.1 Å². The zero-order chi connectivity index (χ0) is 41.5. The lowest BCUT2D eigenvalue weighted by atomic mass is 10.1. The topological polar surface area (TPSA) is 418 Å². The predicted molar refractivity (Wildman–Crippen MR) is 180 cm³/mol. The molecule has 4 unspecified atom stereocenters. The van der Waals surface area contributed by atoms with Gasteiger partial charge in [0.2, 0.25) is 0 Å². The normalized spacial score (nSPS) is 29.3. The summed E-state index contributed by atoms with van der Waals surface area (Å²) < 4.78 is 82.5. The zero-order valence-corrected chi connectivity index (χ0v) is 31.6. The van der Waals surface area contributed by atoms with Crippen molar-refractivity contribution in [3.05, 3.63) is 69.8 Å². The molecule has 4 aromatic rings. The molecule has 6 rings (SSSR count). The minimum absolute atomic E-state index is 0.0156. The second-order valence-corrected chi connectivity index (χ2v) is 18.0. The number of para-hydroxylation sites is 1. The third-order valence-corrected chi connectivity index (χ3v) is 13.7. The van der Waals surface area contributed by atoms with Gasteiger partial charge in [-0.15, -0.1) is 5.10 Å². The van der Waals surface area contributed by atoms with Gasteiger partial charge in [0.15, 0.2) is 29.4 Å². The summed E-state index contributed by atoms with van der Waals surface area (Å²) >= 11 is 0. The SMILES string of the molecule is O=c1ccn([C@@H]2O[C@H](COP(=O)(O)OP(=O)(O)OP(=O)(O)OP(=O)(O)OC[C@H]3O[C@@H](n4nnc5c(Nc6ccccc6)ncnc54)[C@H](O)[C@@H]3O)[C@@H](O)[C@H]2O)c(=O)[nH]1. The molecule has 3 aromatic heterocycles. The zero-order valence-electron chi connectivity index (χ0n) is 28.0. The number of aliphatic hydroxyl groups excluding tert-OH is 4. The van der Waals surface area contributed by atoms with Crippen LogP contribution in [0.25, 0.3) is 11.2 Å². The minimum atomic E-state index is -6.24. The van der Waals surface area contributed by atoms with Crippen LogP contribution in [-0.2, 0) is 49.7 Å². The highest BCUT2D eigenvalue weighted by atomic mass is 31.3. The second kappa shape index (κ2) is 16.6. The van der Waals surface area contributed by atoms with Crippen LogP contribution in [0.5, 0.6) is 0 Å². The molecule has 10 N–H and O–H groups in total. The average Bonchev–Trinajstić information content (AvgIpc) is 3.75. The monoisotopic (exact) mass is 890 g/mol. The molecule has 2 aliphatic rings. The van der Waals surface area contributed by atoms with Crippen LogP contribution < -0.4 is 16.6 Å². The fraction of sp³-hybridized carbons (Fsp3) is 0.417. The number of anilines is 2. The standard InChI is InChI=1S/C24H30N8O21P4/c33-14-6-7-31(24(38)28-14)22-18(36)16(34)12(49-22)8-47-54(39,40)51-56(43,44)53-57(45,46)52-55(41,42)48-9-13-17(35)19(37)23(50-13)32-21-15(29-30-32)20(25-10-26-21)27-11-4-2-1-3-5-11/h1-7,10,12-13,16-19,22-23,34-37H,8-9H2,(H,39,40)(H,41,42)(H,43,44)(H,45,46)(H,25,26,27)(H,28,33,38)/t12-,13-,16-,17-,18-,19-,22-,23-/m1/s1. The van der Waals surface area contributed by atoms with Gasteiger partial charge in [0.25, 0.3) is 5.56 Å². The van der Waals surface area contributed by atoms with Crippen LogP contribution in [-0.4, -0.2) is 124 Å². The molecule has 2 fully saturated rings. The molecule has 12 atom stereocenters. The van der Waals surface area contributed by atoms with Gasteiger partial charge < -0.3 is 54.8 Å². The summed E-state index contributed by atoms with van der Waals surface area (Å²) in [6.45, 7) is -2.36. The Morgan fingerprint density at radius 2 is 1.28 bits per heavy atom. The first-order valence-electron chi connectivity index (χ1n) is 15.6. The third-order valence-electron chi connectivity index (χ3n) is 7.76. The van der Waals surface area contributed by atoms with Crippen molar-refractivity contribution in [3.63, 3.8) is 0 Å². The molecule has 2 saturated heterocycles. The number of rotatable bonds is 16. The van der Waals surface area contributed by atoms with Gasteiger partial charge in [-0.25, -0.2) is 33.0 Å². The molecule has 57 heavy (non-hydrogen) atoms. The number of fused-ring (bicyclic) bond motifs is 1. The third kappa shape index (κ3) is 10.2. The average molecular weight is 890 g/mol. The van der Waals surface area contributed by atoms with Crippen LogP contribution in [0.2, 0.25) is 0 Å². The number of aliphatic hydroxyl groups is 4. The Morgan fingerprint density at radius 1 is 0.737 bits per heavy atom. The molecule has 0 radical (unpaired) electrons. The molecule has 2 aliphatic heterocycles. The van der Waals surface area contributed by atoms with E-state index < -0.39 is 105 Å². The first kappa shape index (κ1) is 43.1. The number of phosphoric ester groups is 2. The molecule has 0 aliphatic carbocycles. The highest BCUT2D eigenvalue weighted by molar-refractivity contribution is 7.69. The molecule has 0 bridgehead atoms. The summed E-state index contributed by atoms with van der Waals surface area (Å²) in [6.07, 6.45) is -12.0. The molecule has 29 nitrogen and oxygen atoms in total. The van der Waals surface area contributed by atoms with E-state index in [0.29, 0.717) is 10.3 Å². The Balaban J connectivity index is 1.02. The number of aromatic nitrogens is 7. The van der Waals surface area contributed by atoms with E-state index in [4.69, 9.17) is 9.47 Å². The molecule has 1 aromatic carbocycles. The molecule has 5 heterocycles. The molecule has 0 spiro atoms. The Labute approximate surface area is 315 Å². The number of nitrogens with one attached hydrogen (secondary N) is 2. The lowest BCUT2D eigenvalue weighted by Gasteiger charge is -2.21. The number of nitrogens with zero attached hydrogens (tertiary/aromatic N) is 6. The summed E-state index contributed by atoms with van der Waals surface area (Å²) in [5.41, 5.74) is -1.11. The van der Waals surface area contributed by atoms with Crippen molar-refractivity contribution in [2.75, 3.05) is 18.5 Å². The Bertz CT molecular complexity index is 2400. The first-order chi connectivity index (χ1) is 26.6. The van der Waals surface area contributed by atoms with Gasteiger partial charge in [-0.1, -0.05) is 23.4 Å². The number of benzene rings is 1. The minimum Gasteiger partial charge on any atom is -0.387 e. The van der Waals surface area contributed by atoms with E-state index in [1.807, 2.05) is 4.98 Å². The smallest absolute Gasteiger partial charge is 0.387 e. The molecule has 312 valence electrons. The van der Waals surface area contributed by atoms with Gasteiger partial charge >= 0.3 is 37.0 Å². The summed E-state index contributed by atoms with van der Waals surface area (Å²) in [5, 5.41) is 52.6. The van der Waals surface area contributed by atoms with E-state index in [2.05, 4.69) is 47.6 Å². The van der Waals surface area contributed by atoms with E-state index in [-0.39, 0.29) is 17.0 Å².